The van der Waals surface area contributed by atoms with Crippen LogP contribution in [-0.4, -0.2) is 22.7 Å². The summed E-state index contributed by atoms with van der Waals surface area (Å²) in [6, 6.07) is 4.34. The maximum Gasteiger partial charge on any atom is 0.0915 e. The predicted molar refractivity (Wildman–Crippen MR) is 73.3 cm³/mol. The molecule has 0 saturated heterocycles. The molecule has 2 N–H and O–H groups in total. The molecule has 2 rings (SSSR count). The Morgan fingerprint density at radius 3 is 2.39 bits per heavy atom. The molecular weight excluding hydrogens is 224 g/mol. The van der Waals surface area contributed by atoms with E-state index in [9.17, 15) is 5.11 Å². The Balaban J connectivity index is 1.76. The molecule has 1 aliphatic rings. The summed E-state index contributed by atoms with van der Waals surface area (Å²) in [4.78, 5) is 3.97. The van der Waals surface area contributed by atoms with Crippen LogP contribution in [0.15, 0.2) is 24.5 Å². The van der Waals surface area contributed by atoms with Crippen LogP contribution in [0.4, 0.5) is 0 Å². The first-order valence-corrected chi connectivity index (χ1v) is 7.17. The number of aromatic nitrogens is 1. The quantitative estimate of drug-likeness (QED) is 0.861. The molecular formula is C15H24N2O. The number of hydrogen-bond donors (Lipinski definition) is 2. The summed E-state index contributed by atoms with van der Waals surface area (Å²) in [6.45, 7) is 0.648. The van der Waals surface area contributed by atoms with Gasteiger partial charge in [-0.1, -0.05) is 32.1 Å². The van der Waals surface area contributed by atoms with Gasteiger partial charge in [0.25, 0.3) is 0 Å². The molecule has 0 bridgehead atoms. The normalized spacial score (nSPS) is 20.1. The molecule has 0 amide bonds. The van der Waals surface area contributed by atoms with E-state index in [0.29, 0.717) is 12.6 Å². The summed E-state index contributed by atoms with van der Waals surface area (Å²) >= 11 is 0. The summed E-state index contributed by atoms with van der Waals surface area (Å²) in [7, 11) is 0. The van der Waals surface area contributed by atoms with Gasteiger partial charge in [-0.2, -0.15) is 0 Å². The minimum absolute atomic E-state index is 0.418. The number of rotatable bonds is 4. The molecule has 0 radical (unpaired) electrons. The number of aliphatic hydroxyl groups is 1. The summed E-state index contributed by atoms with van der Waals surface area (Å²) in [5.74, 6) is 0. The van der Waals surface area contributed by atoms with Gasteiger partial charge in [0.05, 0.1) is 6.10 Å². The van der Waals surface area contributed by atoms with Gasteiger partial charge >= 0.3 is 0 Å². The Morgan fingerprint density at radius 1 is 1.11 bits per heavy atom. The van der Waals surface area contributed by atoms with E-state index in [1.807, 2.05) is 12.1 Å². The highest BCUT2D eigenvalue weighted by Crippen LogP contribution is 2.18. The molecule has 3 heteroatoms. The Hall–Kier alpha value is -0.930. The van der Waals surface area contributed by atoms with Crippen LogP contribution >= 0.6 is 0 Å². The molecule has 1 heterocycles. The largest absolute Gasteiger partial charge is 0.387 e. The van der Waals surface area contributed by atoms with Crippen LogP contribution in [0.25, 0.3) is 0 Å². The van der Waals surface area contributed by atoms with Crippen LogP contribution in [0.5, 0.6) is 0 Å². The zero-order chi connectivity index (χ0) is 12.6. The zero-order valence-electron chi connectivity index (χ0n) is 11.0. The van der Waals surface area contributed by atoms with E-state index in [-0.39, 0.29) is 0 Å². The molecule has 0 spiro atoms. The smallest absolute Gasteiger partial charge is 0.0915 e. The Kier molecular flexibility index (Phi) is 5.62. The monoisotopic (exact) mass is 248 g/mol. The zero-order valence-corrected chi connectivity index (χ0v) is 11.0. The minimum atomic E-state index is -0.418. The van der Waals surface area contributed by atoms with Gasteiger partial charge in [0.2, 0.25) is 0 Å². The predicted octanol–water partition coefficient (Wildman–Crippen LogP) is 2.82. The fourth-order valence-electron chi connectivity index (χ4n) is 2.64. The summed E-state index contributed by atoms with van der Waals surface area (Å²) in [6.07, 6.45) is 12.3. The summed E-state index contributed by atoms with van der Waals surface area (Å²) < 4.78 is 0. The number of nitrogens with one attached hydrogen (secondary N) is 1. The van der Waals surface area contributed by atoms with E-state index in [1.165, 1.54) is 44.9 Å². The van der Waals surface area contributed by atoms with Crippen molar-refractivity contribution in [3.63, 3.8) is 0 Å². The van der Waals surface area contributed by atoms with Crippen molar-refractivity contribution < 1.29 is 5.11 Å². The first-order valence-electron chi connectivity index (χ1n) is 7.17. The van der Waals surface area contributed by atoms with E-state index in [2.05, 4.69) is 10.3 Å². The summed E-state index contributed by atoms with van der Waals surface area (Å²) in [5.41, 5.74) is 0.948. The van der Waals surface area contributed by atoms with Gasteiger partial charge in [0.1, 0.15) is 0 Å². The highest BCUT2D eigenvalue weighted by molar-refractivity contribution is 5.13. The lowest BCUT2D eigenvalue weighted by Crippen LogP contribution is -2.33. The Labute approximate surface area is 110 Å². The van der Waals surface area contributed by atoms with Crippen molar-refractivity contribution in [3.05, 3.63) is 30.1 Å². The molecule has 100 valence electrons. The molecule has 18 heavy (non-hydrogen) atoms. The average molecular weight is 248 g/mol. The molecule has 0 aliphatic heterocycles. The Morgan fingerprint density at radius 2 is 1.72 bits per heavy atom. The van der Waals surface area contributed by atoms with Gasteiger partial charge < -0.3 is 10.4 Å². The standard InChI is InChI=1S/C15H24N2O/c18-15(13-8-10-16-11-9-13)12-17-14-6-4-2-1-3-5-7-14/h8-11,14-15,17-18H,1-7,12H2. The molecule has 1 aromatic rings. The lowest BCUT2D eigenvalue weighted by Gasteiger charge is -2.22. The molecule has 1 saturated carbocycles. The maximum atomic E-state index is 10.1. The van der Waals surface area contributed by atoms with Gasteiger partial charge in [0.15, 0.2) is 0 Å². The van der Waals surface area contributed by atoms with Crippen LogP contribution in [0.1, 0.15) is 56.6 Å². The fourth-order valence-corrected chi connectivity index (χ4v) is 2.64. The van der Waals surface area contributed by atoms with E-state index >= 15 is 0 Å². The second kappa shape index (κ2) is 7.49. The van der Waals surface area contributed by atoms with Gasteiger partial charge in [-0.15, -0.1) is 0 Å². The van der Waals surface area contributed by atoms with Crippen molar-refractivity contribution in [3.8, 4) is 0 Å². The SMILES string of the molecule is OC(CNC1CCCCCCC1)c1ccncc1. The lowest BCUT2D eigenvalue weighted by molar-refractivity contribution is 0.166. The van der Waals surface area contributed by atoms with E-state index < -0.39 is 6.10 Å². The second-order valence-corrected chi connectivity index (χ2v) is 5.25. The Bertz CT molecular complexity index is 321. The van der Waals surface area contributed by atoms with E-state index in [4.69, 9.17) is 0 Å². The van der Waals surface area contributed by atoms with Crippen molar-refractivity contribution in [2.24, 2.45) is 0 Å². The minimum Gasteiger partial charge on any atom is -0.387 e. The highest BCUT2D eigenvalue weighted by atomic mass is 16.3. The van der Waals surface area contributed by atoms with Crippen molar-refractivity contribution in [2.75, 3.05) is 6.54 Å². The molecule has 0 aromatic carbocycles. The molecule has 1 aromatic heterocycles. The van der Waals surface area contributed by atoms with Gasteiger partial charge in [-0.25, -0.2) is 0 Å². The van der Waals surface area contributed by atoms with Gasteiger partial charge in [-0.05, 0) is 30.5 Å². The van der Waals surface area contributed by atoms with Crippen LogP contribution < -0.4 is 5.32 Å². The van der Waals surface area contributed by atoms with Crippen LogP contribution in [0.2, 0.25) is 0 Å². The third kappa shape index (κ3) is 4.39. The lowest BCUT2D eigenvalue weighted by atomic mass is 9.96. The molecule has 1 unspecified atom stereocenters. The average Bonchev–Trinajstić information content (AvgIpc) is 2.38. The van der Waals surface area contributed by atoms with Crippen molar-refractivity contribution in [1.82, 2.24) is 10.3 Å². The van der Waals surface area contributed by atoms with Crippen molar-refractivity contribution in [2.45, 2.75) is 57.1 Å². The molecule has 1 aliphatic carbocycles. The topological polar surface area (TPSA) is 45.1 Å². The third-order valence-electron chi connectivity index (χ3n) is 3.80. The first-order chi connectivity index (χ1) is 8.86. The molecule has 1 atom stereocenters. The van der Waals surface area contributed by atoms with E-state index in [0.717, 1.165) is 5.56 Å². The summed E-state index contributed by atoms with van der Waals surface area (Å²) in [5, 5.41) is 13.6. The van der Waals surface area contributed by atoms with Crippen LogP contribution in [0, 0.1) is 0 Å². The number of nitrogens with zero attached hydrogens (tertiary/aromatic N) is 1. The van der Waals surface area contributed by atoms with Crippen molar-refractivity contribution >= 4 is 0 Å². The number of aliphatic hydroxyl groups excluding tert-OH is 1. The number of pyridine rings is 1. The van der Waals surface area contributed by atoms with E-state index in [1.54, 1.807) is 12.4 Å². The highest BCUT2D eigenvalue weighted by Gasteiger charge is 2.13. The molecule has 1 fully saturated rings. The van der Waals surface area contributed by atoms with Crippen molar-refractivity contribution in [1.29, 1.82) is 0 Å². The van der Waals surface area contributed by atoms with Gasteiger partial charge in [0, 0.05) is 25.0 Å². The first kappa shape index (κ1) is 13.5. The second-order valence-electron chi connectivity index (χ2n) is 5.25. The van der Waals surface area contributed by atoms with Gasteiger partial charge in [-0.3, -0.25) is 4.98 Å². The van der Waals surface area contributed by atoms with Crippen LogP contribution in [-0.2, 0) is 0 Å². The maximum absolute atomic E-state index is 10.1. The fraction of sp³-hybridized carbons (Fsp3) is 0.667. The van der Waals surface area contributed by atoms with Crippen LogP contribution in [0.3, 0.4) is 0 Å². The number of hydrogen-bond acceptors (Lipinski definition) is 3. The third-order valence-corrected chi connectivity index (χ3v) is 3.80. The molecule has 3 nitrogen and oxygen atoms in total.